The predicted octanol–water partition coefficient (Wildman–Crippen LogP) is 2.43. The summed E-state index contributed by atoms with van der Waals surface area (Å²) in [5, 5.41) is 3.86. The monoisotopic (exact) mass is 283 g/mol. The van der Waals surface area contributed by atoms with Crippen LogP contribution in [0, 0.1) is 0 Å². The third-order valence-corrected chi connectivity index (χ3v) is 2.98. The number of aromatic nitrogens is 3. The van der Waals surface area contributed by atoms with Gasteiger partial charge in [0.2, 0.25) is 5.82 Å². The number of ether oxygens (including phenoxy) is 1. The molecule has 2 aromatic heterocycles. The number of esters is 1. The van der Waals surface area contributed by atoms with Crippen LogP contribution < -0.4 is 0 Å². The fraction of sp³-hybridized carbons (Fsp3) is 0.133. The normalized spacial score (nSPS) is 10.5. The van der Waals surface area contributed by atoms with Gasteiger partial charge >= 0.3 is 5.97 Å². The molecule has 0 saturated heterocycles. The molecule has 0 N–H and O–H groups in total. The Morgan fingerprint density at radius 2 is 2.05 bits per heavy atom. The van der Waals surface area contributed by atoms with Gasteiger partial charge in [0.15, 0.2) is 6.61 Å². The molecular formula is C15H13N3O3. The van der Waals surface area contributed by atoms with Gasteiger partial charge in [-0.05, 0) is 12.1 Å². The summed E-state index contributed by atoms with van der Waals surface area (Å²) in [5.41, 5.74) is 1.32. The van der Waals surface area contributed by atoms with E-state index in [4.69, 9.17) is 9.26 Å². The highest BCUT2D eigenvalue weighted by molar-refractivity contribution is 5.87. The molecule has 0 bridgehead atoms. The lowest BCUT2D eigenvalue weighted by molar-refractivity contribution is 0.0418. The minimum Gasteiger partial charge on any atom is -0.451 e. The lowest BCUT2D eigenvalue weighted by Gasteiger charge is -2.02. The minimum atomic E-state index is -0.429. The van der Waals surface area contributed by atoms with Gasteiger partial charge in [-0.25, -0.2) is 4.79 Å². The van der Waals surface area contributed by atoms with Crippen molar-refractivity contribution >= 4 is 5.97 Å². The molecule has 0 amide bonds. The lowest BCUT2D eigenvalue weighted by Crippen LogP contribution is -2.09. The average Bonchev–Trinajstić information content (AvgIpc) is 3.15. The first-order chi connectivity index (χ1) is 10.2. The molecule has 21 heavy (non-hydrogen) atoms. The van der Waals surface area contributed by atoms with Crippen molar-refractivity contribution < 1.29 is 14.1 Å². The second-order valence-electron chi connectivity index (χ2n) is 4.46. The summed E-state index contributed by atoms with van der Waals surface area (Å²) in [6.07, 6.45) is 1.77. The predicted molar refractivity (Wildman–Crippen MR) is 74.3 cm³/mol. The van der Waals surface area contributed by atoms with Crippen LogP contribution in [0.2, 0.25) is 0 Å². The van der Waals surface area contributed by atoms with Crippen molar-refractivity contribution in [1.29, 1.82) is 0 Å². The van der Waals surface area contributed by atoms with Gasteiger partial charge in [0.05, 0.1) is 0 Å². The van der Waals surface area contributed by atoms with Gasteiger partial charge in [0.25, 0.3) is 5.89 Å². The fourth-order valence-corrected chi connectivity index (χ4v) is 1.89. The number of hydrogen-bond donors (Lipinski definition) is 0. The minimum absolute atomic E-state index is 0.0517. The summed E-state index contributed by atoms with van der Waals surface area (Å²) in [5.74, 6) is 0.305. The second-order valence-corrected chi connectivity index (χ2v) is 4.46. The van der Waals surface area contributed by atoms with E-state index in [0.29, 0.717) is 11.5 Å². The molecule has 0 atom stereocenters. The van der Waals surface area contributed by atoms with Gasteiger partial charge in [-0.1, -0.05) is 35.5 Å². The summed E-state index contributed by atoms with van der Waals surface area (Å²) in [6.45, 7) is -0.0517. The molecular weight excluding hydrogens is 270 g/mol. The van der Waals surface area contributed by atoms with Crippen LogP contribution in [-0.2, 0) is 18.4 Å². The number of aryl methyl sites for hydroxylation is 1. The standard InChI is InChI=1S/C15H13N3O3/c1-18-9-5-8-12(18)15(19)20-10-13-16-14(17-21-13)11-6-3-2-4-7-11/h2-9H,10H2,1H3. The molecule has 0 radical (unpaired) electrons. The number of carbonyl (C=O) groups is 1. The number of rotatable bonds is 4. The fourth-order valence-electron chi connectivity index (χ4n) is 1.89. The van der Waals surface area contributed by atoms with Gasteiger partial charge in [-0.2, -0.15) is 4.98 Å². The Bertz CT molecular complexity index is 746. The van der Waals surface area contributed by atoms with Gasteiger partial charge in [-0.3, -0.25) is 0 Å². The van der Waals surface area contributed by atoms with Crippen LogP contribution in [0.4, 0.5) is 0 Å². The van der Waals surface area contributed by atoms with Crippen molar-refractivity contribution in [2.75, 3.05) is 0 Å². The quantitative estimate of drug-likeness (QED) is 0.688. The largest absolute Gasteiger partial charge is 0.451 e. The molecule has 0 unspecified atom stereocenters. The van der Waals surface area contributed by atoms with E-state index in [1.807, 2.05) is 30.3 Å². The van der Waals surface area contributed by atoms with E-state index in [-0.39, 0.29) is 12.5 Å². The Labute approximate surface area is 121 Å². The first kappa shape index (κ1) is 13.1. The zero-order valence-electron chi connectivity index (χ0n) is 11.4. The zero-order chi connectivity index (χ0) is 14.7. The van der Waals surface area contributed by atoms with E-state index in [2.05, 4.69) is 10.1 Å². The van der Waals surface area contributed by atoms with Crippen LogP contribution in [0.3, 0.4) is 0 Å². The molecule has 1 aromatic carbocycles. The Balaban J connectivity index is 1.66. The SMILES string of the molecule is Cn1cccc1C(=O)OCc1nc(-c2ccccc2)no1. The number of nitrogens with zero attached hydrogens (tertiary/aromatic N) is 3. The molecule has 2 heterocycles. The van der Waals surface area contributed by atoms with Crippen LogP contribution in [0.1, 0.15) is 16.4 Å². The van der Waals surface area contributed by atoms with E-state index in [1.165, 1.54) is 0 Å². The van der Waals surface area contributed by atoms with Crippen LogP contribution in [0.25, 0.3) is 11.4 Å². The van der Waals surface area contributed by atoms with Gasteiger partial charge < -0.3 is 13.8 Å². The molecule has 106 valence electrons. The second kappa shape index (κ2) is 5.62. The van der Waals surface area contributed by atoms with E-state index in [1.54, 1.807) is 29.9 Å². The number of hydrogen-bond acceptors (Lipinski definition) is 5. The Kier molecular flexibility index (Phi) is 3.51. The first-order valence-corrected chi connectivity index (χ1v) is 6.40. The van der Waals surface area contributed by atoms with Gasteiger partial charge in [0, 0.05) is 18.8 Å². The smallest absolute Gasteiger partial charge is 0.355 e. The molecule has 0 aliphatic carbocycles. The van der Waals surface area contributed by atoms with E-state index in [9.17, 15) is 4.79 Å². The topological polar surface area (TPSA) is 70.2 Å². The van der Waals surface area contributed by atoms with Crippen molar-refractivity contribution in [3.8, 4) is 11.4 Å². The maximum Gasteiger partial charge on any atom is 0.355 e. The number of carbonyl (C=O) groups excluding carboxylic acids is 1. The first-order valence-electron chi connectivity index (χ1n) is 6.40. The van der Waals surface area contributed by atoms with Gasteiger partial charge in [0.1, 0.15) is 5.69 Å². The molecule has 0 fully saturated rings. The maximum absolute atomic E-state index is 11.8. The summed E-state index contributed by atoms with van der Waals surface area (Å²) in [6, 6.07) is 12.9. The summed E-state index contributed by atoms with van der Waals surface area (Å²) < 4.78 is 11.9. The van der Waals surface area contributed by atoms with Crippen LogP contribution in [0.5, 0.6) is 0 Å². The molecule has 3 rings (SSSR count). The lowest BCUT2D eigenvalue weighted by atomic mass is 10.2. The maximum atomic E-state index is 11.8. The van der Waals surface area contributed by atoms with Crippen LogP contribution >= 0.6 is 0 Å². The van der Waals surface area contributed by atoms with Crippen molar-refractivity contribution in [3.05, 3.63) is 60.2 Å². The van der Waals surface area contributed by atoms with Crippen LogP contribution in [0.15, 0.2) is 53.2 Å². The highest BCUT2D eigenvalue weighted by Gasteiger charge is 2.13. The highest BCUT2D eigenvalue weighted by Crippen LogP contribution is 2.15. The molecule has 0 spiro atoms. The van der Waals surface area contributed by atoms with E-state index >= 15 is 0 Å². The number of benzene rings is 1. The van der Waals surface area contributed by atoms with Crippen molar-refractivity contribution in [2.24, 2.45) is 7.05 Å². The summed E-state index contributed by atoms with van der Waals surface area (Å²) in [4.78, 5) is 16.0. The van der Waals surface area contributed by atoms with Gasteiger partial charge in [-0.15, -0.1) is 0 Å². The summed E-state index contributed by atoms with van der Waals surface area (Å²) >= 11 is 0. The Hall–Kier alpha value is -2.89. The Morgan fingerprint density at radius 1 is 1.24 bits per heavy atom. The van der Waals surface area contributed by atoms with Crippen molar-refractivity contribution in [1.82, 2.24) is 14.7 Å². The molecule has 6 heteroatoms. The summed E-state index contributed by atoms with van der Waals surface area (Å²) in [7, 11) is 1.77. The van der Waals surface area contributed by atoms with Crippen molar-refractivity contribution in [3.63, 3.8) is 0 Å². The molecule has 6 nitrogen and oxygen atoms in total. The zero-order valence-corrected chi connectivity index (χ0v) is 11.4. The van der Waals surface area contributed by atoms with Crippen molar-refractivity contribution in [2.45, 2.75) is 6.61 Å². The van der Waals surface area contributed by atoms with Crippen LogP contribution in [-0.4, -0.2) is 20.7 Å². The molecule has 3 aromatic rings. The molecule has 0 saturated carbocycles. The van der Waals surface area contributed by atoms with E-state index in [0.717, 1.165) is 5.56 Å². The highest BCUT2D eigenvalue weighted by atomic mass is 16.6. The Morgan fingerprint density at radius 3 is 2.76 bits per heavy atom. The average molecular weight is 283 g/mol. The third kappa shape index (κ3) is 2.84. The van der Waals surface area contributed by atoms with E-state index < -0.39 is 5.97 Å². The molecule has 0 aliphatic heterocycles. The third-order valence-electron chi connectivity index (χ3n) is 2.98. The molecule has 0 aliphatic rings.